The van der Waals surface area contributed by atoms with Crippen LogP contribution in [0.5, 0.6) is 0 Å². The van der Waals surface area contributed by atoms with E-state index in [2.05, 4.69) is 29.8 Å². The Morgan fingerprint density at radius 1 is 1.60 bits per heavy atom. The molecule has 1 aromatic heterocycles. The number of hydrogen-bond donors (Lipinski definition) is 0. The summed E-state index contributed by atoms with van der Waals surface area (Å²) in [7, 11) is 0. The third kappa shape index (κ3) is 2.48. The first-order valence-electron chi connectivity index (χ1n) is 5.59. The van der Waals surface area contributed by atoms with Crippen molar-refractivity contribution in [2.75, 3.05) is 24.6 Å². The lowest BCUT2D eigenvalue weighted by atomic mass is 10.2. The summed E-state index contributed by atoms with van der Waals surface area (Å²) in [5.74, 6) is 1.08. The molecule has 0 aliphatic carbocycles. The molecule has 15 heavy (non-hydrogen) atoms. The maximum Gasteiger partial charge on any atom is 0.128 e. The van der Waals surface area contributed by atoms with Gasteiger partial charge in [-0.3, -0.25) is 0 Å². The van der Waals surface area contributed by atoms with E-state index in [4.69, 9.17) is 4.74 Å². The van der Waals surface area contributed by atoms with Crippen LogP contribution in [0.1, 0.15) is 18.9 Å². The number of pyridine rings is 1. The number of hydrogen-bond acceptors (Lipinski definition) is 3. The normalized spacial score (nSPS) is 21.7. The molecule has 0 saturated carbocycles. The molecule has 0 aromatic carbocycles. The molecule has 1 atom stereocenters. The Bertz CT molecular complexity index is 327. The molecule has 0 unspecified atom stereocenters. The summed E-state index contributed by atoms with van der Waals surface area (Å²) < 4.78 is 5.64. The molecule has 2 rings (SSSR count). The molecule has 0 bridgehead atoms. The highest BCUT2D eigenvalue weighted by Gasteiger charge is 2.19. The monoisotopic (exact) mass is 206 g/mol. The molecule has 3 nitrogen and oxygen atoms in total. The van der Waals surface area contributed by atoms with Crippen LogP contribution in [0, 0.1) is 6.92 Å². The minimum atomic E-state index is 0.362. The predicted molar refractivity (Wildman–Crippen MR) is 61.2 cm³/mol. The van der Waals surface area contributed by atoms with Crippen molar-refractivity contribution >= 4 is 5.82 Å². The summed E-state index contributed by atoms with van der Waals surface area (Å²) >= 11 is 0. The Kier molecular flexibility index (Phi) is 3.21. The molecule has 82 valence electrons. The first-order chi connectivity index (χ1) is 7.29. The molecule has 2 heterocycles. The Hall–Kier alpha value is -1.09. The highest BCUT2D eigenvalue weighted by atomic mass is 16.5. The number of aryl methyl sites for hydroxylation is 1. The van der Waals surface area contributed by atoms with Gasteiger partial charge < -0.3 is 9.64 Å². The molecular weight excluding hydrogens is 188 g/mol. The van der Waals surface area contributed by atoms with Gasteiger partial charge in [-0.2, -0.15) is 0 Å². The number of ether oxygens (including phenoxy) is 1. The molecule has 1 aliphatic rings. The van der Waals surface area contributed by atoms with Crippen molar-refractivity contribution in [3.63, 3.8) is 0 Å². The standard InChI is InChI=1S/C12H18N2O/c1-3-11-9-14(6-7-15-11)12-8-10(2)4-5-13-12/h4-5,8,11H,3,6-7,9H2,1-2H3/t11-/m1/s1. The van der Waals surface area contributed by atoms with Gasteiger partial charge in [0.2, 0.25) is 0 Å². The van der Waals surface area contributed by atoms with Crippen LogP contribution in [-0.2, 0) is 4.74 Å². The lowest BCUT2D eigenvalue weighted by Crippen LogP contribution is -2.42. The zero-order valence-corrected chi connectivity index (χ0v) is 9.44. The largest absolute Gasteiger partial charge is 0.375 e. The van der Waals surface area contributed by atoms with Crippen molar-refractivity contribution in [1.82, 2.24) is 4.98 Å². The summed E-state index contributed by atoms with van der Waals surface area (Å²) in [6.07, 6.45) is 3.31. The zero-order valence-electron chi connectivity index (χ0n) is 9.44. The van der Waals surface area contributed by atoms with Crippen molar-refractivity contribution in [3.05, 3.63) is 23.9 Å². The van der Waals surface area contributed by atoms with E-state index in [1.54, 1.807) is 0 Å². The molecule has 0 amide bonds. The summed E-state index contributed by atoms with van der Waals surface area (Å²) in [6, 6.07) is 4.17. The maximum atomic E-state index is 5.64. The lowest BCUT2D eigenvalue weighted by molar-refractivity contribution is 0.0381. The van der Waals surface area contributed by atoms with Crippen LogP contribution >= 0.6 is 0 Å². The SMILES string of the molecule is CC[C@@H]1CN(c2cc(C)ccn2)CCO1. The topological polar surface area (TPSA) is 25.4 Å². The van der Waals surface area contributed by atoms with Gasteiger partial charge >= 0.3 is 0 Å². The summed E-state index contributed by atoms with van der Waals surface area (Å²) in [4.78, 5) is 6.71. The van der Waals surface area contributed by atoms with Crippen LogP contribution in [0.2, 0.25) is 0 Å². The number of anilines is 1. The van der Waals surface area contributed by atoms with Gasteiger partial charge in [-0.05, 0) is 31.0 Å². The van der Waals surface area contributed by atoms with Gasteiger partial charge in [-0.15, -0.1) is 0 Å². The second-order valence-corrected chi connectivity index (χ2v) is 4.04. The Morgan fingerprint density at radius 2 is 2.47 bits per heavy atom. The average Bonchev–Trinajstić information content (AvgIpc) is 2.29. The van der Waals surface area contributed by atoms with E-state index in [9.17, 15) is 0 Å². The highest BCUT2D eigenvalue weighted by molar-refractivity contribution is 5.41. The third-order valence-electron chi connectivity index (χ3n) is 2.82. The Balaban J connectivity index is 2.09. The predicted octanol–water partition coefficient (Wildman–Crippen LogP) is 2.01. The molecule has 0 spiro atoms. The van der Waals surface area contributed by atoms with Crippen LogP contribution in [0.25, 0.3) is 0 Å². The Labute approximate surface area is 91.1 Å². The summed E-state index contributed by atoms with van der Waals surface area (Å²) in [5, 5.41) is 0. The average molecular weight is 206 g/mol. The van der Waals surface area contributed by atoms with Crippen LogP contribution in [0.15, 0.2) is 18.3 Å². The summed E-state index contributed by atoms with van der Waals surface area (Å²) in [6.45, 7) is 6.99. The minimum Gasteiger partial charge on any atom is -0.375 e. The van der Waals surface area contributed by atoms with Gasteiger partial charge in [-0.25, -0.2) is 4.98 Å². The number of rotatable bonds is 2. The molecule has 3 heteroatoms. The van der Waals surface area contributed by atoms with Gasteiger partial charge in [0.1, 0.15) is 5.82 Å². The van der Waals surface area contributed by atoms with Crippen LogP contribution in [-0.4, -0.2) is 30.8 Å². The van der Waals surface area contributed by atoms with Crippen molar-refractivity contribution in [2.24, 2.45) is 0 Å². The first kappa shape index (κ1) is 10.4. The zero-order chi connectivity index (χ0) is 10.7. The van der Waals surface area contributed by atoms with E-state index in [-0.39, 0.29) is 0 Å². The van der Waals surface area contributed by atoms with Crippen molar-refractivity contribution in [3.8, 4) is 0 Å². The quantitative estimate of drug-likeness (QED) is 0.740. The van der Waals surface area contributed by atoms with Gasteiger partial charge in [0.15, 0.2) is 0 Å². The van der Waals surface area contributed by atoms with E-state index < -0.39 is 0 Å². The van der Waals surface area contributed by atoms with Crippen molar-refractivity contribution in [1.29, 1.82) is 0 Å². The van der Waals surface area contributed by atoms with E-state index in [1.807, 2.05) is 12.3 Å². The van der Waals surface area contributed by atoms with Crippen molar-refractivity contribution < 1.29 is 4.74 Å². The van der Waals surface area contributed by atoms with Crippen LogP contribution in [0.4, 0.5) is 5.82 Å². The fourth-order valence-electron chi connectivity index (χ4n) is 1.87. The van der Waals surface area contributed by atoms with Gasteiger partial charge in [0, 0.05) is 19.3 Å². The van der Waals surface area contributed by atoms with E-state index in [1.165, 1.54) is 5.56 Å². The van der Waals surface area contributed by atoms with E-state index in [0.29, 0.717) is 6.10 Å². The molecule has 1 aromatic rings. The summed E-state index contributed by atoms with van der Waals surface area (Å²) in [5.41, 5.74) is 1.26. The maximum absolute atomic E-state index is 5.64. The van der Waals surface area contributed by atoms with E-state index >= 15 is 0 Å². The minimum absolute atomic E-state index is 0.362. The molecule has 1 aliphatic heterocycles. The first-order valence-corrected chi connectivity index (χ1v) is 5.59. The molecule has 1 fully saturated rings. The number of morpholine rings is 1. The van der Waals surface area contributed by atoms with Crippen molar-refractivity contribution in [2.45, 2.75) is 26.4 Å². The highest BCUT2D eigenvalue weighted by Crippen LogP contribution is 2.17. The molecular formula is C12H18N2O. The van der Waals surface area contributed by atoms with Gasteiger partial charge in [0.25, 0.3) is 0 Å². The fourth-order valence-corrected chi connectivity index (χ4v) is 1.87. The van der Waals surface area contributed by atoms with Crippen LogP contribution in [0.3, 0.4) is 0 Å². The Morgan fingerprint density at radius 3 is 3.20 bits per heavy atom. The fraction of sp³-hybridized carbons (Fsp3) is 0.583. The van der Waals surface area contributed by atoms with Crippen LogP contribution < -0.4 is 4.90 Å². The molecule has 0 N–H and O–H groups in total. The second kappa shape index (κ2) is 4.62. The third-order valence-corrected chi connectivity index (χ3v) is 2.82. The molecule has 1 saturated heterocycles. The van der Waals surface area contributed by atoms with Gasteiger partial charge in [-0.1, -0.05) is 6.92 Å². The molecule has 0 radical (unpaired) electrons. The van der Waals surface area contributed by atoms with E-state index in [0.717, 1.165) is 31.9 Å². The lowest BCUT2D eigenvalue weighted by Gasteiger charge is -2.33. The second-order valence-electron chi connectivity index (χ2n) is 4.04. The van der Waals surface area contributed by atoms with Gasteiger partial charge in [0.05, 0.1) is 12.7 Å². The number of aromatic nitrogens is 1. The number of nitrogens with zero attached hydrogens (tertiary/aromatic N) is 2. The smallest absolute Gasteiger partial charge is 0.128 e.